The van der Waals surface area contributed by atoms with Crippen LogP contribution in [0.1, 0.15) is 23.7 Å². The highest BCUT2D eigenvalue weighted by atomic mass is 16.4. The molecule has 16 heavy (non-hydrogen) atoms. The average Bonchev–Trinajstić information content (AvgIpc) is 2.56. The molecule has 2 aromatic rings. The normalized spacial score (nSPS) is 10.8. The first-order valence-electron chi connectivity index (χ1n) is 5.13. The summed E-state index contributed by atoms with van der Waals surface area (Å²) in [6.45, 7) is 2.78. The maximum absolute atomic E-state index is 11.0. The monoisotopic (exact) mass is 219 g/mol. The van der Waals surface area contributed by atoms with Crippen LogP contribution < -0.4 is 5.73 Å². The molecule has 84 valence electrons. The van der Waals surface area contributed by atoms with Crippen LogP contribution in [0, 0.1) is 0 Å². The SMILES string of the molecule is CCCn1c(N)nc2c(C(=O)O)cccc21. The molecule has 0 amide bonds. The minimum atomic E-state index is -0.980. The van der Waals surface area contributed by atoms with Crippen LogP contribution in [0.2, 0.25) is 0 Å². The molecule has 2 rings (SSSR count). The number of rotatable bonds is 3. The standard InChI is InChI=1S/C11H13N3O2/c1-2-6-14-8-5-3-4-7(10(15)16)9(8)13-11(14)12/h3-5H,2,6H2,1H3,(H2,12,13)(H,15,16). The number of para-hydroxylation sites is 1. The zero-order valence-electron chi connectivity index (χ0n) is 8.97. The number of carboxylic acids is 1. The molecule has 0 aliphatic heterocycles. The summed E-state index contributed by atoms with van der Waals surface area (Å²) < 4.78 is 1.84. The highest BCUT2D eigenvalue weighted by Gasteiger charge is 2.14. The second-order valence-electron chi connectivity index (χ2n) is 3.60. The van der Waals surface area contributed by atoms with Crippen molar-refractivity contribution in [3.8, 4) is 0 Å². The number of hydrogen-bond donors (Lipinski definition) is 2. The molecule has 1 aromatic carbocycles. The third-order valence-corrected chi connectivity index (χ3v) is 2.49. The number of aryl methyl sites for hydroxylation is 1. The highest BCUT2D eigenvalue weighted by molar-refractivity contribution is 6.01. The van der Waals surface area contributed by atoms with Gasteiger partial charge < -0.3 is 15.4 Å². The second kappa shape index (κ2) is 3.84. The Hall–Kier alpha value is -2.04. The van der Waals surface area contributed by atoms with E-state index >= 15 is 0 Å². The van der Waals surface area contributed by atoms with Crippen LogP contribution >= 0.6 is 0 Å². The number of carbonyl (C=O) groups is 1. The summed E-state index contributed by atoms with van der Waals surface area (Å²) >= 11 is 0. The smallest absolute Gasteiger partial charge is 0.337 e. The first-order chi connectivity index (χ1) is 7.65. The van der Waals surface area contributed by atoms with E-state index in [1.54, 1.807) is 6.07 Å². The van der Waals surface area contributed by atoms with Gasteiger partial charge in [0.25, 0.3) is 0 Å². The topological polar surface area (TPSA) is 81.1 Å². The van der Waals surface area contributed by atoms with Gasteiger partial charge in [0.2, 0.25) is 5.95 Å². The summed E-state index contributed by atoms with van der Waals surface area (Å²) in [5.74, 6) is -0.614. The summed E-state index contributed by atoms with van der Waals surface area (Å²) in [7, 11) is 0. The molecule has 0 radical (unpaired) electrons. The van der Waals surface area contributed by atoms with Gasteiger partial charge in [-0.1, -0.05) is 13.0 Å². The molecule has 5 heteroatoms. The maximum Gasteiger partial charge on any atom is 0.337 e. The van der Waals surface area contributed by atoms with Gasteiger partial charge in [-0.25, -0.2) is 9.78 Å². The zero-order chi connectivity index (χ0) is 11.7. The number of fused-ring (bicyclic) bond motifs is 1. The van der Waals surface area contributed by atoms with E-state index in [1.807, 2.05) is 17.6 Å². The van der Waals surface area contributed by atoms with Crippen molar-refractivity contribution in [2.75, 3.05) is 5.73 Å². The number of nitrogen functional groups attached to an aromatic ring is 1. The van der Waals surface area contributed by atoms with Crippen molar-refractivity contribution in [3.05, 3.63) is 23.8 Å². The second-order valence-corrected chi connectivity index (χ2v) is 3.60. The van der Waals surface area contributed by atoms with Gasteiger partial charge in [0.15, 0.2) is 0 Å². The van der Waals surface area contributed by atoms with Crippen LogP contribution in [0.4, 0.5) is 5.95 Å². The van der Waals surface area contributed by atoms with Gasteiger partial charge in [-0.3, -0.25) is 0 Å². The third-order valence-electron chi connectivity index (χ3n) is 2.49. The van der Waals surface area contributed by atoms with Crippen LogP contribution in [0.5, 0.6) is 0 Å². The summed E-state index contributed by atoms with van der Waals surface area (Å²) in [5.41, 5.74) is 7.20. The Morgan fingerprint density at radius 1 is 1.56 bits per heavy atom. The Morgan fingerprint density at radius 3 is 2.94 bits per heavy atom. The van der Waals surface area contributed by atoms with Gasteiger partial charge in [-0.15, -0.1) is 0 Å². The minimum absolute atomic E-state index is 0.194. The molecule has 0 saturated carbocycles. The molecular weight excluding hydrogens is 206 g/mol. The van der Waals surface area contributed by atoms with Crippen molar-refractivity contribution in [1.29, 1.82) is 0 Å². The number of nitrogens with zero attached hydrogens (tertiary/aromatic N) is 2. The van der Waals surface area contributed by atoms with E-state index in [-0.39, 0.29) is 5.56 Å². The zero-order valence-corrected chi connectivity index (χ0v) is 8.97. The van der Waals surface area contributed by atoms with Crippen molar-refractivity contribution in [2.24, 2.45) is 0 Å². The third kappa shape index (κ3) is 1.50. The lowest BCUT2D eigenvalue weighted by molar-refractivity contribution is 0.0699. The number of aromatic nitrogens is 2. The van der Waals surface area contributed by atoms with Gasteiger partial charge in [0.05, 0.1) is 11.1 Å². The van der Waals surface area contributed by atoms with Crippen LogP contribution in [-0.2, 0) is 6.54 Å². The molecule has 0 aliphatic rings. The number of nitrogens with two attached hydrogens (primary N) is 1. The van der Waals surface area contributed by atoms with E-state index in [2.05, 4.69) is 4.98 Å². The van der Waals surface area contributed by atoms with Crippen molar-refractivity contribution in [1.82, 2.24) is 9.55 Å². The maximum atomic E-state index is 11.0. The molecule has 0 unspecified atom stereocenters. The van der Waals surface area contributed by atoms with Gasteiger partial charge in [-0.2, -0.15) is 0 Å². The van der Waals surface area contributed by atoms with Crippen LogP contribution in [0.3, 0.4) is 0 Å². The van der Waals surface area contributed by atoms with E-state index in [0.717, 1.165) is 18.5 Å². The molecule has 0 fully saturated rings. The molecule has 1 aromatic heterocycles. The van der Waals surface area contributed by atoms with E-state index in [4.69, 9.17) is 10.8 Å². The Labute approximate surface area is 92.5 Å². The predicted molar refractivity (Wildman–Crippen MR) is 61.4 cm³/mol. The molecule has 3 N–H and O–H groups in total. The predicted octanol–water partition coefficient (Wildman–Crippen LogP) is 1.73. The van der Waals surface area contributed by atoms with Gasteiger partial charge in [0.1, 0.15) is 5.52 Å². The molecule has 0 aliphatic carbocycles. The fourth-order valence-electron chi connectivity index (χ4n) is 1.80. The number of imidazole rings is 1. The summed E-state index contributed by atoms with van der Waals surface area (Å²) in [6.07, 6.45) is 0.924. The summed E-state index contributed by atoms with van der Waals surface area (Å²) in [5, 5.41) is 9.02. The minimum Gasteiger partial charge on any atom is -0.478 e. The molecule has 0 bridgehead atoms. The Bertz CT molecular complexity index is 545. The van der Waals surface area contributed by atoms with E-state index in [9.17, 15) is 4.79 Å². The fraction of sp³-hybridized carbons (Fsp3) is 0.273. The molecule has 0 atom stereocenters. The largest absolute Gasteiger partial charge is 0.478 e. The van der Waals surface area contributed by atoms with Gasteiger partial charge in [0, 0.05) is 6.54 Å². The van der Waals surface area contributed by atoms with Crippen molar-refractivity contribution >= 4 is 23.0 Å². The summed E-state index contributed by atoms with van der Waals surface area (Å²) in [6, 6.07) is 5.08. The van der Waals surface area contributed by atoms with Crippen LogP contribution in [-0.4, -0.2) is 20.6 Å². The average molecular weight is 219 g/mol. The first kappa shape index (κ1) is 10.5. The lowest BCUT2D eigenvalue weighted by atomic mass is 10.2. The number of benzene rings is 1. The Morgan fingerprint density at radius 2 is 2.31 bits per heavy atom. The lowest BCUT2D eigenvalue weighted by Crippen LogP contribution is -2.02. The lowest BCUT2D eigenvalue weighted by Gasteiger charge is -2.03. The van der Waals surface area contributed by atoms with Crippen molar-refractivity contribution in [2.45, 2.75) is 19.9 Å². The number of hydrogen-bond acceptors (Lipinski definition) is 3. The molecule has 0 spiro atoms. The van der Waals surface area contributed by atoms with Gasteiger partial charge >= 0.3 is 5.97 Å². The number of aromatic carboxylic acids is 1. The van der Waals surface area contributed by atoms with Gasteiger partial charge in [-0.05, 0) is 18.6 Å². The Kier molecular flexibility index (Phi) is 2.52. The summed E-state index contributed by atoms with van der Waals surface area (Å²) in [4.78, 5) is 15.1. The van der Waals surface area contributed by atoms with E-state index < -0.39 is 5.97 Å². The number of anilines is 1. The molecular formula is C11H13N3O2. The fourth-order valence-corrected chi connectivity index (χ4v) is 1.80. The van der Waals surface area contributed by atoms with Crippen molar-refractivity contribution in [3.63, 3.8) is 0 Å². The highest BCUT2D eigenvalue weighted by Crippen LogP contribution is 2.21. The van der Waals surface area contributed by atoms with Crippen LogP contribution in [0.25, 0.3) is 11.0 Å². The molecule has 5 nitrogen and oxygen atoms in total. The van der Waals surface area contributed by atoms with Crippen LogP contribution in [0.15, 0.2) is 18.2 Å². The van der Waals surface area contributed by atoms with E-state index in [0.29, 0.717) is 11.5 Å². The van der Waals surface area contributed by atoms with E-state index in [1.165, 1.54) is 6.07 Å². The number of carboxylic acid groups (broad SMARTS) is 1. The Balaban J connectivity index is 2.72. The first-order valence-corrected chi connectivity index (χ1v) is 5.13. The molecule has 0 saturated heterocycles. The molecule has 1 heterocycles. The quantitative estimate of drug-likeness (QED) is 0.823. The van der Waals surface area contributed by atoms with Crippen molar-refractivity contribution < 1.29 is 9.90 Å².